The Morgan fingerprint density at radius 2 is 0.572 bits per heavy atom. The predicted molar refractivity (Wildman–Crippen MR) is 503 cm³/mol. The number of ether oxygens (including phenoxy) is 15. The summed E-state index contributed by atoms with van der Waals surface area (Å²) in [5, 5.41) is 47.6. The van der Waals surface area contributed by atoms with E-state index < -0.39 is 57.7 Å². The molecule has 0 aromatic carbocycles. The van der Waals surface area contributed by atoms with Crippen LogP contribution in [0.2, 0.25) is 0 Å². The molecule has 43 nitrogen and oxygen atoms in total. The van der Waals surface area contributed by atoms with Gasteiger partial charge in [0.2, 0.25) is 6.08 Å². The quantitative estimate of drug-likeness (QED) is 0.0118. The molecule has 0 aliphatic carbocycles. The Balaban J connectivity index is 0.00000205. The topological polar surface area (TPSA) is 562 Å². The van der Waals surface area contributed by atoms with Crippen molar-refractivity contribution in [3.63, 3.8) is 0 Å². The number of amides is 2. The predicted octanol–water partition coefficient (Wildman–Crippen LogP) is 11.4. The summed E-state index contributed by atoms with van der Waals surface area (Å²) in [7, 11) is 3.08. The molecule has 0 spiro atoms. The summed E-state index contributed by atoms with van der Waals surface area (Å²) in [6.45, 7) is 11.0. The van der Waals surface area contributed by atoms with E-state index in [1.807, 2.05) is 6.92 Å². The lowest BCUT2D eigenvalue weighted by Gasteiger charge is -2.31. The summed E-state index contributed by atoms with van der Waals surface area (Å²) in [5.41, 5.74) is -4.49. The smallest absolute Gasteiger partial charge is 0.407 e. The van der Waals surface area contributed by atoms with Crippen molar-refractivity contribution in [2.24, 2.45) is 10.4 Å². The van der Waals surface area contributed by atoms with Crippen molar-refractivity contribution >= 4 is 48.1 Å². The van der Waals surface area contributed by atoms with E-state index in [0.29, 0.717) is 169 Å². The minimum atomic E-state index is -0.903. The normalized spacial score (nSPS) is 10.9. The van der Waals surface area contributed by atoms with Gasteiger partial charge >= 0.3 is 76.2 Å². The average molecular weight is 1960 g/mol. The van der Waals surface area contributed by atoms with Crippen molar-refractivity contribution in [2.45, 2.75) is 335 Å². The Morgan fingerprint density at radius 3 is 0.870 bits per heavy atom. The maximum Gasteiger partial charge on any atom is 0.407 e. The fraction of sp³-hybridized carbons (Fsp3) is 0.779. The molecule has 0 bridgehead atoms. The van der Waals surface area contributed by atoms with Crippen molar-refractivity contribution in [1.29, 1.82) is 26.3 Å². The van der Waals surface area contributed by atoms with Crippen LogP contribution in [0.3, 0.4) is 0 Å². The molecule has 2 rings (SSSR count). The first-order chi connectivity index (χ1) is 67.2. The molecule has 0 aliphatic heterocycles. The van der Waals surface area contributed by atoms with E-state index in [0.717, 1.165) is 200 Å². The summed E-state index contributed by atoms with van der Waals surface area (Å²) in [6, 6.07) is 0. The number of hydrogen-bond acceptors (Lipinski definition) is 35. The highest BCUT2D eigenvalue weighted by Gasteiger charge is 2.35. The van der Waals surface area contributed by atoms with Crippen LogP contribution < -0.4 is 44.8 Å². The number of alkyl carbamates (subject to hydrolysis) is 2. The number of aromatic nitrogens is 6. The van der Waals surface area contributed by atoms with Gasteiger partial charge in [0.15, 0.2) is 0 Å². The third-order valence-electron chi connectivity index (χ3n) is 21.7. The van der Waals surface area contributed by atoms with Crippen LogP contribution in [0, 0.1) is 63.0 Å². The monoisotopic (exact) mass is 1960 g/mol. The number of methoxy groups -OCH3 is 2. The van der Waals surface area contributed by atoms with E-state index >= 15 is 0 Å². The number of hydrogen-bond donors (Lipinski definition) is 2. The first kappa shape index (κ1) is 126. The molecule has 43 heteroatoms. The van der Waals surface area contributed by atoms with Crippen LogP contribution >= 0.6 is 0 Å². The molecule has 2 heterocycles. The Hall–Kier alpha value is -11.8. The summed E-state index contributed by atoms with van der Waals surface area (Å²) >= 11 is 0. The number of carbonyl (C=O) groups is 7. The lowest BCUT2D eigenvalue weighted by molar-refractivity contribution is -0.157. The van der Waals surface area contributed by atoms with Crippen LogP contribution in [0.1, 0.15) is 296 Å². The molecule has 0 saturated carbocycles. The van der Waals surface area contributed by atoms with Crippen LogP contribution in [0.25, 0.3) is 0 Å². The van der Waals surface area contributed by atoms with Gasteiger partial charge in [0.25, 0.3) is 31.3 Å². The summed E-state index contributed by atoms with van der Waals surface area (Å²) < 4.78 is 81.7. The van der Waals surface area contributed by atoms with Gasteiger partial charge in [-0.25, -0.2) is 80.3 Å². The van der Waals surface area contributed by atoms with Gasteiger partial charge in [-0.1, -0.05) is 129 Å². The van der Waals surface area contributed by atoms with E-state index in [1.165, 1.54) is 13.2 Å². The number of carbonyl (C=O) groups excluding carboxylic acids is 8. The maximum atomic E-state index is 13.2. The van der Waals surface area contributed by atoms with Crippen molar-refractivity contribution < 1.29 is 109 Å². The average Bonchev–Trinajstić information content (AvgIpc) is 0.789. The second-order valence-corrected chi connectivity index (χ2v) is 32.6. The van der Waals surface area contributed by atoms with Gasteiger partial charge in [0.1, 0.15) is 79.3 Å². The van der Waals surface area contributed by atoms with Gasteiger partial charge in [0, 0.05) is 98.3 Å². The number of rotatable bonds is 87. The van der Waals surface area contributed by atoms with Crippen LogP contribution in [-0.2, 0) is 139 Å². The zero-order valence-electron chi connectivity index (χ0n) is 82.0. The van der Waals surface area contributed by atoms with Crippen molar-refractivity contribution in [2.75, 3.05) is 140 Å². The minimum absolute atomic E-state index is 0.0639. The molecule has 0 saturated heterocycles. The van der Waals surface area contributed by atoms with E-state index in [9.17, 15) is 67.1 Å². The largest absolute Gasteiger partial charge is 0.465 e. The number of unbranched alkanes of at least 4 members (excludes halogenated alkanes) is 31. The molecular formula is C95H154N14O29. The fourth-order valence-electron chi connectivity index (χ4n) is 13.6. The summed E-state index contributed by atoms with van der Waals surface area (Å²) in [4.78, 5) is 176. The number of nitrogens with one attached hydrogen (secondary N) is 2. The lowest BCUT2D eigenvalue weighted by atomic mass is 9.88. The molecule has 0 radical (unpaired) electrons. The summed E-state index contributed by atoms with van der Waals surface area (Å²) in [5.74, 6) is -1.85. The molecule has 0 aliphatic rings. The van der Waals surface area contributed by atoms with Crippen molar-refractivity contribution in [3.8, 4) is 31.3 Å². The van der Waals surface area contributed by atoms with Crippen LogP contribution in [-0.4, -0.2) is 215 Å². The van der Waals surface area contributed by atoms with Crippen LogP contribution in [0.4, 0.5) is 9.59 Å². The van der Waals surface area contributed by atoms with E-state index in [1.54, 1.807) is 38.4 Å². The molecule has 1 atom stereocenters. The Labute approximate surface area is 810 Å². The zero-order chi connectivity index (χ0) is 102. The standard InChI is InChI=1S/C35H60N4O11.C32H49N5O10.C28H45N5O8/c1-3-35(27-49-32(42)19-13-7-5-11-17-23-46-29-36,28-50-34(44)39-22-16-10-9-14-20-37-30-40)26-48-31(41)18-12-6-4-8-15-21-38-33(43)47-25-24-45-2;1-2-28(38)46-24-22-43-23-25-47-29(39)16-10-4-3-5-11-17-35-30(40)36(18-12-6-8-14-20-44-26-33)32(42)37(31(35)41)19-13-7-9-15-21-45-27-34;1-38-21-22-41-25(34)15-9-3-2-4-10-16-31-26(35)32(17-11-5-7-13-19-39-23-29)28(37)33(27(31)36)18-12-6-8-14-20-40-24-30/h3-28H2,1-2H3,(H,38,43)(H,39,44);2H,1,3-25H2;2-22H2,1H3. The zero-order valence-corrected chi connectivity index (χ0v) is 82.0. The van der Waals surface area contributed by atoms with Gasteiger partial charge < -0.3 is 81.7 Å². The number of aliphatic imine (C=N–C) groups is 1. The molecular weight excluding hydrogens is 1800 g/mol. The van der Waals surface area contributed by atoms with Crippen molar-refractivity contribution in [1.82, 2.24) is 38.0 Å². The van der Waals surface area contributed by atoms with Crippen molar-refractivity contribution in [3.05, 3.63) is 75.6 Å². The fourth-order valence-corrected chi connectivity index (χ4v) is 13.6. The highest BCUT2D eigenvalue weighted by Crippen LogP contribution is 2.26. The van der Waals surface area contributed by atoms with Gasteiger partial charge in [0.05, 0.1) is 38.4 Å². The van der Waals surface area contributed by atoms with Gasteiger partial charge in [-0.05, 0) is 148 Å². The Morgan fingerprint density at radius 1 is 0.319 bits per heavy atom. The molecule has 2 amide bonds. The van der Waals surface area contributed by atoms with Gasteiger partial charge in [-0.15, -0.1) is 0 Å². The number of isocyanates is 1. The Kier molecular flexibility index (Phi) is 82.6. The first-order valence-corrected chi connectivity index (χ1v) is 48.9. The third kappa shape index (κ3) is 68.2. The molecule has 2 N–H and O–H groups in total. The SMILES string of the molecule is C=CC(=O)OCCOCCOC(=O)CCCCCCCn1c(=O)n(CCCCCCOC#N)c(=O)n(CCCCCCOC#N)c1=O.CCC(COC(=O)CCCCCCCNC(=O)OCCOC)(COC(=O)CCCCCCCOC#N)COC(=O)NCCCCCCN=C=O.COCCOC(=O)CCCCCCCn1c(=O)n(CCCCCCOC#N)c(=O)n(CCCCCCOC#N)c1=O. The highest BCUT2D eigenvalue weighted by atomic mass is 16.6. The van der Waals surface area contributed by atoms with E-state index in [2.05, 4.69) is 45.9 Å². The van der Waals surface area contributed by atoms with Gasteiger partial charge in [-0.2, -0.15) is 26.3 Å². The van der Waals surface area contributed by atoms with Crippen LogP contribution in [0.5, 0.6) is 0 Å². The molecule has 2 aromatic heterocycles. The second-order valence-electron chi connectivity index (χ2n) is 32.6. The molecule has 138 heavy (non-hydrogen) atoms. The number of nitriles is 5. The third-order valence-corrected chi connectivity index (χ3v) is 21.7. The maximum absolute atomic E-state index is 13.2. The molecule has 1 unspecified atom stereocenters. The number of nitrogens with zero attached hydrogens (tertiary/aromatic N) is 12. The Bertz CT molecular complexity index is 4160. The second kappa shape index (κ2) is 90.3. The number of esters is 5. The molecule has 0 fully saturated rings. The lowest BCUT2D eigenvalue weighted by Crippen LogP contribution is -2.54. The summed E-state index contributed by atoms with van der Waals surface area (Å²) in [6.07, 6.45) is 41.1. The highest BCUT2D eigenvalue weighted by molar-refractivity contribution is 5.81. The van der Waals surface area contributed by atoms with Gasteiger partial charge in [-0.3, -0.25) is 19.2 Å². The minimum Gasteiger partial charge on any atom is -0.465 e. The van der Waals surface area contributed by atoms with Crippen LogP contribution in [0.15, 0.2) is 46.4 Å². The molecule has 778 valence electrons. The van der Waals surface area contributed by atoms with E-state index in [-0.39, 0.29) is 142 Å². The molecule has 2 aromatic rings. The first-order valence-electron chi connectivity index (χ1n) is 48.9. The van der Waals surface area contributed by atoms with E-state index in [4.69, 9.17) is 73.7 Å².